The molecular formula is C17H20N4O5. The molecule has 9 nitrogen and oxygen atoms in total. The molecule has 2 aromatic rings. The maximum absolute atomic E-state index is 12.8. The average molecular weight is 360 g/mol. The number of esters is 1. The van der Waals surface area contributed by atoms with Crippen LogP contribution in [0.2, 0.25) is 0 Å². The number of carbonyl (C=O) groups is 1. The zero-order chi connectivity index (χ0) is 18.8. The Labute approximate surface area is 149 Å². The summed E-state index contributed by atoms with van der Waals surface area (Å²) in [4.78, 5) is 41.0. The van der Waals surface area contributed by atoms with E-state index >= 15 is 0 Å². The van der Waals surface area contributed by atoms with Crippen LogP contribution in [0.5, 0.6) is 0 Å². The smallest absolute Gasteiger partial charge is 0.336 e. The Hall–Kier alpha value is -2.78. The number of aromatic nitrogens is 3. The maximum atomic E-state index is 12.8. The highest BCUT2D eigenvalue weighted by Crippen LogP contribution is 2.12. The van der Waals surface area contributed by atoms with Crippen LogP contribution in [0.4, 0.5) is 0 Å². The minimum absolute atomic E-state index is 0.222. The first-order valence-corrected chi connectivity index (χ1v) is 8.14. The van der Waals surface area contributed by atoms with Crippen molar-refractivity contribution < 1.29 is 14.3 Å². The van der Waals surface area contributed by atoms with Gasteiger partial charge in [0.25, 0.3) is 5.56 Å². The van der Waals surface area contributed by atoms with Crippen molar-refractivity contribution in [3.05, 3.63) is 56.0 Å². The Morgan fingerprint density at radius 2 is 2.19 bits per heavy atom. The van der Waals surface area contributed by atoms with Crippen LogP contribution in [0.3, 0.4) is 0 Å². The van der Waals surface area contributed by atoms with Gasteiger partial charge in [0, 0.05) is 25.2 Å². The second-order valence-electron chi connectivity index (χ2n) is 6.07. The van der Waals surface area contributed by atoms with Gasteiger partial charge in [-0.15, -0.1) is 0 Å². The summed E-state index contributed by atoms with van der Waals surface area (Å²) in [5.74, 6) is -0.295. The largest absolute Gasteiger partial charge is 0.468 e. The normalized spacial score (nSPS) is 14.6. The molecule has 1 aliphatic heterocycles. The fourth-order valence-electron chi connectivity index (χ4n) is 2.95. The van der Waals surface area contributed by atoms with Crippen molar-refractivity contribution in [2.24, 2.45) is 12.8 Å². The number of carbonyl (C=O) groups excluding carboxylic acids is 1. The highest BCUT2D eigenvalue weighted by molar-refractivity contribution is 5.75. The standard InChI is InChI=1S/C17H20N4O5/c1-20-13-9-26-6-5-11(13)15(22)21(17(20)24)14-4-3-10(8-19-14)7-12(18)16(23)25-2/h3-4,8,12H,5-7,9,18H2,1-2H3. The van der Waals surface area contributed by atoms with Crippen LogP contribution in [-0.4, -0.2) is 39.8 Å². The zero-order valence-corrected chi connectivity index (χ0v) is 14.6. The molecule has 3 heterocycles. The van der Waals surface area contributed by atoms with E-state index in [-0.39, 0.29) is 24.4 Å². The van der Waals surface area contributed by atoms with Gasteiger partial charge >= 0.3 is 11.7 Å². The molecular weight excluding hydrogens is 340 g/mol. The molecule has 1 aliphatic rings. The molecule has 138 valence electrons. The lowest BCUT2D eigenvalue weighted by molar-refractivity contribution is -0.142. The van der Waals surface area contributed by atoms with E-state index in [9.17, 15) is 14.4 Å². The van der Waals surface area contributed by atoms with Crippen molar-refractivity contribution in [2.75, 3.05) is 13.7 Å². The summed E-state index contributed by atoms with van der Waals surface area (Å²) < 4.78 is 12.4. The van der Waals surface area contributed by atoms with Gasteiger partial charge < -0.3 is 15.2 Å². The number of nitrogens with zero attached hydrogens (tertiary/aromatic N) is 3. The SMILES string of the molecule is COC(=O)C(N)Cc1ccc(-n2c(=O)c3c(n(C)c2=O)COCC3)nc1. The van der Waals surface area contributed by atoms with E-state index in [4.69, 9.17) is 10.5 Å². The summed E-state index contributed by atoms with van der Waals surface area (Å²) in [6.45, 7) is 0.688. The van der Waals surface area contributed by atoms with Gasteiger partial charge in [-0.05, 0) is 18.1 Å². The van der Waals surface area contributed by atoms with Gasteiger partial charge in [0.15, 0.2) is 0 Å². The quantitative estimate of drug-likeness (QED) is 0.698. The van der Waals surface area contributed by atoms with Gasteiger partial charge in [0.1, 0.15) is 11.9 Å². The number of rotatable bonds is 4. The number of methoxy groups -OCH3 is 1. The summed E-state index contributed by atoms with van der Waals surface area (Å²) in [6.07, 6.45) is 2.19. The number of hydrogen-bond donors (Lipinski definition) is 1. The minimum Gasteiger partial charge on any atom is -0.468 e. The minimum atomic E-state index is -0.799. The molecule has 0 amide bonds. The third-order valence-electron chi connectivity index (χ3n) is 4.43. The molecule has 2 aromatic heterocycles. The van der Waals surface area contributed by atoms with Crippen LogP contribution in [0, 0.1) is 0 Å². The molecule has 0 saturated heterocycles. The molecule has 1 atom stereocenters. The van der Waals surface area contributed by atoms with Crippen LogP contribution in [0.1, 0.15) is 16.8 Å². The fourth-order valence-corrected chi connectivity index (χ4v) is 2.95. The van der Waals surface area contributed by atoms with Gasteiger partial charge in [-0.1, -0.05) is 6.07 Å². The lowest BCUT2D eigenvalue weighted by Gasteiger charge is -2.20. The Kier molecular flexibility index (Phi) is 5.01. The molecule has 0 spiro atoms. The van der Waals surface area contributed by atoms with E-state index in [1.165, 1.54) is 17.9 Å². The zero-order valence-electron chi connectivity index (χ0n) is 14.6. The fraction of sp³-hybridized carbons (Fsp3) is 0.412. The first kappa shape index (κ1) is 18.0. The summed E-state index contributed by atoms with van der Waals surface area (Å²) in [5, 5.41) is 0. The molecule has 0 fully saturated rings. The van der Waals surface area contributed by atoms with Crippen LogP contribution in [-0.2, 0) is 40.8 Å². The predicted molar refractivity (Wildman–Crippen MR) is 92.1 cm³/mol. The first-order chi connectivity index (χ1) is 12.4. The molecule has 1 unspecified atom stereocenters. The van der Waals surface area contributed by atoms with E-state index in [0.717, 1.165) is 4.57 Å². The molecule has 26 heavy (non-hydrogen) atoms. The molecule has 0 aliphatic carbocycles. The predicted octanol–water partition coefficient (Wildman–Crippen LogP) is -0.953. The highest BCUT2D eigenvalue weighted by atomic mass is 16.5. The van der Waals surface area contributed by atoms with E-state index < -0.39 is 17.7 Å². The maximum Gasteiger partial charge on any atom is 0.336 e. The molecule has 3 rings (SSSR count). The Bertz CT molecular complexity index is 945. The van der Waals surface area contributed by atoms with Gasteiger partial charge in [-0.3, -0.25) is 14.2 Å². The molecule has 0 aromatic carbocycles. The van der Waals surface area contributed by atoms with Gasteiger partial charge in [0.2, 0.25) is 0 Å². The van der Waals surface area contributed by atoms with Crippen molar-refractivity contribution in [3.63, 3.8) is 0 Å². The number of ether oxygens (including phenoxy) is 2. The average Bonchev–Trinajstić information content (AvgIpc) is 2.67. The summed E-state index contributed by atoms with van der Waals surface area (Å²) >= 11 is 0. The van der Waals surface area contributed by atoms with Crippen molar-refractivity contribution in [1.29, 1.82) is 0 Å². The second kappa shape index (κ2) is 7.22. The Balaban J connectivity index is 1.98. The summed E-state index contributed by atoms with van der Waals surface area (Å²) in [5.41, 5.74) is 6.74. The van der Waals surface area contributed by atoms with Crippen molar-refractivity contribution >= 4 is 5.97 Å². The Morgan fingerprint density at radius 3 is 2.85 bits per heavy atom. The van der Waals surface area contributed by atoms with Crippen LogP contribution >= 0.6 is 0 Å². The third-order valence-corrected chi connectivity index (χ3v) is 4.43. The second-order valence-corrected chi connectivity index (χ2v) is 6.07. The van der Waals surface area contributed by atoms with Crippen LogP contribution in [0.25, 0.3) is 5.82 Å². The summed E-state index contributed by atoms with van der Waals surface area (Å²) in [6, 6.07) is 2.44. The van der Waals surface area contributed by atoms with Gasteiger partial charge in [-0.25, -0.2) is 14.3 Å². The van der Waals surface area contributed by atoms with Gasteiger partial charge in [0.05, 0.1) is 26.0 Å². The highest BCUT2D eigenvalue weighted by Gasteiger charge is 2.21. The number of nitrogens with two attached hydrogens (primary N) is 1. The van der Waals surface area contributed by atoms with E-state index in [2.05, 4.69) is 9.72 Å². The van der Waals surface area contributed by atoms with E-state index in [0.29, 0.717) is 29.8 Å². The lowest BCUT2D eigenvalue weighted by atomic mass is 10.1. The number of fused-ring (bicyclic) bond motifs is 1. The van der Waals surface area contributed by atoms with Crippen LogP contribution in [0.15, 0.2) is 27.9 Å². The number of hydrogen-bond acceptors (Lipinski definition) is 7. The van der Waals surface area contributed by atoms with E-state index in [1.807, 2.05) is 0 Å². The monoisotopic (exact) mass is 360 g/mol. The Morgan fingerprint density at radius 1 is 1.42 bits per heavy atom. The van der Waals surface area contributed by atoms with Crippen molar-refractivity contribution in [2.45, 2.75) is 25.5 Å². The topological polar surface area (TPSA) is 118 Å². The first-order valence-electron chi connectivity index (χ1n) is 8.14. The van der Waals surface area contributed by atoms with Crippen molar-refractivity contribution in [1.82, 2.24) is 14.1 Å². The van der Waals surface area contributed by atoms with Crippen LogP contribution < -0.4 is 17.0 Å². The molecule has 0 saturated carbocycles. The number of pyridine rings is 1. The van der Waals surface area contributed by atoms with Crippen molar-refractivity contribution in [3.8, 4) is 5.82 Å². The molecule has 0 bridgehead atoms. The van der Waals surface area contributed by atoms with Gasteiger partial charge in [-0.2, -0.15) is 0 Å². The summed E-state index contributed by atoms with van der Waals surface area (Å²) in [7, 11) is 2.88. The molecule has 2 N–H and O–H groups in total. The van der Waals surface area contributed by atoms with E-state index in [1.54, 1.807) is 19.2 Å². The third kappa shape index (κ3) is 3.18. The molecule has 0 radical (unpaired) electrons. The molecule has 9 heteroatoms. The lowest BCUT2D eigenvalue weighted by Crippen LogP contribution is -2.43.